The fraction of sp³-hybridized carbons (Fsp3) is 0.625. The third-order valence-electron chi connectivity index (χ3n) is 4.28. The van der Waals surface area contributed by atoms with E-state index < -0.39 is 0 Å². The molecule has 0 bridgehead atoms. The van der Waals surface area contributed by atoms with E-state index in [1.54, 1.807) is 0 Å². The van der Waals surface area contributed by atoms with Crippen LogP contribution in [0.3, 0.4) is 0 Å². The molecule has 5 heteroatoms. The Balaban J connectivity index is 2.12. The molecule has 0 spiro atoms. The summed E-state index contributed by atoms with van der Waals surface area (Å²) in [5, 5.41) is 17.9. The highest BCUT2D eigenvalue weighted by Crippen LogP contribution is 2.18. The summed E-state index contributed by atoms with van der Waals surface area (Å²) in [5.74, 6) is 0.306. The van der Waals surface area contributed by atoms with Crippen LogP contribution >= 0.6 is 0 Å². The van der Waals surface area contributed by atoms with Crippen molar-refractivity contribution in [1.82, 2.24) is 19.9 Å². The van der Waals surface area contributed by atoms with Gasteiger partial charge in [-0.2, -0.15) is 5.10 Å². The summed E-state index contributed by atoms with van der Waals surface area (Å²) in [6, 6.07) is 2.10. The Hall–Kier alpha value is -1.46. The van der Waals surface area contributed by atoms with Crippen molar-refractivity contribution >= 4 is 5.65 Å². The van der Waals surface area contributed by atoms with Crippen LogP contribution in [-0.2, 0) is 0 Å². The molecule has 116 valence electrons. The summed E-state index contributed by atoms with van der Waals surface area (Å²) < 4.78 is 1.88. The number of rotatable bonds is 6. The Labute approximate surface area is 126 Å². The number of aromatic nitrogens is 3. The quantitative estimate of drug-likeness (QED) is 0.857. The summed E-state index contributed by atoms with van der Waals surface area (Å²) >= 11 is 0. The summed E-state index contributed by atoms with van der Waals surface area (Å²) in [7, 11) is 0. The van der Waals surface area contributed by atoms with E-state index in [1.807, 2.05) is 23.7 Å². The van der Waals surface area contributed by atoms with Crippen molar-refractivity contribution in [2.75, 3.05) is 6.54 Å². The van der Waals surface area contributed by atoms with Gasteiger partial charge in [-0.1, -0.05) is 20.3 Å². The number of hydrogen-bond donors (Lipinski definition) is 2. The van der Waals surface area contributed by atoms with Crippen molar-refractivity contribution in [2.24, 2.45) is 5.92 Å². The molecular weight excluding hydrogens is 264 g/mol. The first-order chi connectivity index (χ1) is 9.93. The molecule has 0 aliphatic rings. The Morgan fingerprint density at radius 2 is 2.05 bits per heavy atom. The van der Waals surface area contributed by atoms with Gasteiger partial charge in [0.2, 0.25) is 0 Å². The van der Waals surface area contributed by atoms with E-state index in [0.717, 1.165) is 29.0 Å². The first-order valence-corrected chi connectivity index (χ1v) is 7.67. The monoisotopic (exact) mass is 290 g/mol. The molecule has 0 saturated heterocycles. The summed E-state index contributed by atoms with van der Waals surface area (Å²) in [6.07, 6.45) is 2.57. The zero-order valence-corrected chi connectivity index (χ0v) is 13.6. The van der Waals surface area contributed by atoms with Gasteiger partial charge in [0.1, 0.15) is 0 Å². The van der Waals surface area contributed by atoms with E-state index in [1.165, 1.54) is 0 Å². The van der Waals surface area contributed by atoms with Crippen LogP contribution in [0.25, 0.3) is 5.65 Å². The fourth-order valence-electron chi connectivity index (χ4n) is 2.48. The SMILES string of the molecule is CCC(C)C(O)CNC(C)c1cnc2cc(C)nn2c1C. The van der Waals surface area contributed by atoms with Crippen molar-refractivity contribution < 1.29 is 5.11 Å². The molecule has 3 atom stereocenters. The zero-order chi connectivity index (χ0) is 15.6. The molecule has 0 radical (unpaired) electrons. The Kier molecular flexibility index (Phi) is 4.96. The highest BCUT2D eigenvalue weighted by molar-refractivity contribution is 5.42. The Morgan fingerprint density at radius 3 is 2.71 bits per heavy atom. The van der Waals surface area contributed by atoms with Crippen LogP contribution in [0.15, 0.2) is 12.3 Å². The topological polar surface area (TPSA) is 62.5 Å². The van der Waals surface area contributed by atoms with Gasteiger partial charge in [-0.25, -0.2) is 9.50 Å². The predicted molar refractivity (Wildman–Crippen MR) is 84.3 cm³/mol. The Morgan fingerprint density at radius 1 is 1.33 bits per heavy atom. The van der Waals surface area contributed by atoms with Gasteiger partial charge in [-0.3, -0.25) is 0 Å². The van der Waals surface area contributed by atoms with E-state index in [2.05, 4.69) is 43.1 Å². The largest absolute Gasteiger partial charge is 0.392 e. The maximum Gasteiger partial charge on any atom is 0.155 e. The zero-order valence-electron chi connectivity index (χ0n) is 13.6. The standard InChI is InChI=1S/C16H26N4O/c1-6-10(2)15(21)9-17-12(4)14-8-18-16-7-11(3)19-20(16)13(14)5/h7-8,10,12,15,17,21H,6,9H2,1-5H3. The van der Waals surface area contributed by atoms with E-state index in [9.17, 15) is 5.11 Å². The van der Waals surface area contributed by atoms with Gasteiger partial charge < -0.3 is 10.4 Å². The number of hydrogen-bond acceptors (Lipinski definition) is 4. The number of nitrogens with one attached hydrogen (secondary N) is 1. The highest BCUT2D eigenvalue weighted by Gasteiger charge is 2.16. The van der Waals surface area contributed by atoms with Crippen LogP contribution < -0.4 is 5.32 Å². The number of aliphatic hydroxyl groups is 1. The lowest BCUT2D eigenvalue weighted by atomic mass is 10.0. The van der Waals surface area contributed by atoms with Crippen LogP contribution in [-0.4, -0.2) is 32.4 Å². The summed E-state index contributed by atoms with van der Waals surface area (Å²) in [5.41, 5.74) is 4.05. The lowest BCUT2D eigenvalue weighted by molar-refractivity contribution is 0.110. The van der Waals surface area contributed by atoms with Crippen molar-refractivity contribution in [3.8, 4) is 0 Å². The molecular formula is C16H26N4O. The van der Waals surface area contributed by atoms with Crippen LogP contribution in [0.5, 0.6) is 0 Å². The fourth-order valence-corrected chi connectivity index (χ4v) is 2.48. The molecule has 2 aromatic heterocycles. The molecule has 3 unspecified atom stereocenters. The lowest BCUT2D eigenvalue weighted by Crippen LogP contribution is -2.33. The number of aliphatic hydroxyl groups excluding tert-OH is 1. The van der Waals surface area contributed by atoms with E-state index in [0.29, 0.717) is 12.5 Å². The van der Waals surface area contributed by atoms with Gasteiger partial charge in [0, 0.05) is 36.1 Å². The van der Waals surface area contributed by atoms with Gasteiger partial charge in [-0.05, 0) is 26.7 Å². The summed E-state index contributed by atoms with van der Waals surface area (Å²) in [6.45, 7) is 10.9. The van der Waals surface area contributed by atoms with E-state index in [4.69, 9.17) is 0 Å². The predicted octanol–water partition coefficient (Wildman–Crippen LogP) is 2.40. The van der Waals surface area contributed by atoms with Crippen molar-refractivity contribution in [3.63, 3.8) is 0 Å². The van der Waals surface area contributed by atoms with Gasteiger partial charge >= 0.3 is 0 Å². The van der Waals surface area contributed by atoms with Crippen LogP contribution in [0, 0.1) is 19.8 Å². The number of fused-ring (bicyclic) bond motifs is 1. The second-order valence-corrected chi connectivity index (χ2v) is 5.94. The lowest BCUT2D eigenvalue weighted by Gasteiger charge is -2.22. The van der Waals surface area contributed by atoms with Crippen LogP contribution in [0.2, 0.25) is 0 Å². The second kappa shape index (κ2) is 6.54. The van der Waals surface area contributed by atoms with Gasteiger partial charge in [0.15, 0.2) is 5.65 Å². The molecule has 21 heavy (non-hydrogen) atoms. The first-order valence-electron chi connectivity index (χ1n) is 7.67. The van der Waals surface area contributed by atoms with Gasteiger partial charge in [-0.15, -0.1) is 0 Å². The molecule has 0 amide bonds. The van der Waals surface area contributed by atoms with Crippen molar-refractivity contribution in [2.45, 2.75) is 53.2 Å². The smallest absolute Gasteiger partial charge is 0.155 e. The van der Waals surface area contributed by atoms with Gasteiger partial charge in [0.25, 0.3) is 0 Å². The second-order valence-electron chi connectivity index (χ2n) is 5.94. The van der Waals surface area contributed by atoms with Crippen molar-refractivity contribution in [3.05, 3.63) is 29.2 Å². The molecule has 0 saturated carbocycles. The van der Waals surface area contributed by atoms with Gasteiger partial charge in [0.05, 0.1) is 11.8 Å². The van der Waals surface area contributed by atoms with E-state index in [-0.39, 0.29) is 12.1 Å². The Bertz CT molecular complexity index is 608. The molecule has 2 heterocycles. The average Bonchev–Trinajstić information content (AvgIpc) is 2.85. The minimum atomic E-state index is -0.318. The molecule has 0 aromatic carbocycles. The normalized spacial score (nSPS) is 16.1. The molecule has 0 aliphatic carbocycles. The average molecular weight is 290 g/mol. The third-order valence-corrected chi connectivity index (χ3v) is 4.28. The van der Waals surface area contributed by atoms with Crippen LogP contribution in [0.1, 0.15) is 50.2 Å². The number of aryl methyl sites for hydroxylation is 2. The molecule has 2 rings (SSSR count). The molecule has 5 nitrogen and oxygen atoms in total. The minimum Gasteiger partial charge on any atom is -0.392 e. The van der Waals surface area contributed by atoms with Crippen molar-refractivity contribution in [1.29, 1.82) is 0 Å². The third kappa shape index (κ3) is 3.41. The maximum absolute atomic E-state index is 10.1. The molecule has 2 N–H and O–H groups in total. The molecule has 0 aliphatic heterocycles. The first kappa shape index (κ1) is 15.9. The molecule has 2 aromatic rings. The van der Waals surface area contributed by atoms with Crippen LogP contribution in [0.4, 0.5) is 0 Å². The molecule has 0 fully saturated rings. The summed E-state index contributed by atoms with van der Waals surface area (Å²) in [4.78, 5) is 4.46. The van der Waals surface area contributed by atoms with E-state index >= 15 is 0 Å². The highest BCUT2D eigenvalue weighted by atomic mass is 16.3. The minimum absolute atomic E-state index is 0.130. The number of nitrogens with zero attached hydrogens (tertiary/aromatic N) is 3. The maximum atomic E-state index is 10.1.